The number of nitrogens with one attached hydrogen (secondary N) is 2. The Morgan fingerprint density at radius 1 is 1.16 bits per heavy atom. The Hall–Kier alpha value is -3.70. The van der Waals surface area contributed by atoms with E-state index in [9.17, 15) is 23.5 Å². The summed E-state index contributed by atoms with van der Waals surface area (Å²) in [5.74, 6) is -0.574. The number of amides is 2. The Labute approximate surface area is 216 Å². The number of alkyl halides is 2. The number of aliphatic hydroxyl groups is 1. The summed E-state index contributed by atoms with van der Waals surface area (Å²) in [7, 11) is 0. The van der Waals surface area contributed by atoms with Crippen LogP contribution in [0, 0.1) is 5.92 Å². The normalized spacial score (nSPS) is 12.3. The number of nitrogens with zero attached hydrogens (tertiary/aromatic N) is 3. The second-order valence-electron chi connectivity index (χ2n) is 8.99. The predicted molar refractivity (Wildman–Crippen MR) is 137 cm³/mol. The first-order valence-corrected chi connectivity index (χ1v) is 12.7. The van der Waals surface area contributed by atoms with E-state index in [0.717, 1.165) is 5.56 Å². The molecule has 0 aliphatic rings. The number of hydrogen-bond donors (Lipinski definition) is 3. The molecule has 2 amide bonds. The van der Waals surface area contributed by atoms with Crippen LogP contribution < -0.4 is 10.6 Å². The van der Waals surface area contributed by atoms with Gasteiger partial charge >= 0.3 is 0 Å². The fourth-order valence-corrected chi connectivity index (χ4v) is 4.65. The highest BCUT2D eigenvalue weighted by Crippen LogP contribution is 2.28. The number of fused-ring (bicyclic) bond motifs is 1. The van der Waals surface area contributed by atoms with Gasteiger partial charge in [-0.15, -0.1) is 0 Å². The molecular formula is C26H27F2N5O3S. The zero-order valence-electron chi connectivity index (χ0n) is 20.3. The first-order valence-electron chi connectivity index (χ1n) is 11.7. The van der Waals surface area contributed by atoms with E-state index >= 15 is 0 Å². The average Bonchev–Trinajstić information content (AvgIpc) is 3.54. The zero-order chi connectivity index (χ0) is 26.5. The number of carbonyl (C=O) groups is 2. The maximum Gasteiger partial charge on any atom is 0.280 e. The highest BCUT2D eigenvalue weighted by Gasteiger charge is 2.25. The third kappa shape index (κ3) is 6.00. The molecule has 0 aliphatic carbocycles. The van der Waals surface area contributed by atoms with Crippen LogP contribution in [0.2, 0.25) is 0 Å². The molecule has 4 heterocycles. The van der Waals surface area contributed by atoms with Crippen molar-refractivity contribution in [1.82, 2.24) is 25.0 Å². The number of rotatable bonds is 10. The van der Waals surface area contributed by atoms with E-state index in [2.05, 4.69) is 20.6 Å². The summed E-state index contributed by atoms with van der Waals surface area (Å²) in [6.07, 6.45) is 0.897. The van der Waals surface area contributed by atoms with Crippen molar-refractivity contribution >= 4 is 28.8 Å². The number of imidazole rings is 1. The van der Waals surface area contributed by atoms with Gasteiger partial charge in [-0.3, -0.25) is 19.0 Å². The SMILES string of the molecule is CC(C)C[C@@H](CO)NC(=O)c1c(-c2ccsc2)nc2c(C(=O)NCc3ccc(C(F)F)nc3)cccn12. The number of aromatic nitrogens is 3. The summed E-state index contributed by atoms with van der Waals surface area (Å²) in [4.78, 5) is 34.9. The molecule has 4 aromatic rings. The van der Waals surface area contributed by atoms with Gasteiger partial charge in [0.05, 0.1) is 18.2 Å². The Bertz CT molecular complexity index is 1370. The maximum absolute atomic E-state index is 13.4. The molecule has 0 unspecified atom stereocenters. The van der Waals surface area contributed by atoms with E-state index in [1.54, 1.807) is 22.7 Å². The summed E-state index contributed by atoms with van der Waals surface area (Å²) < 4.78 is 27.0. The summed E-state index contributed by atoms with van der Waals surface area (Å²) in [5.41, 5.74) is 2.19. The van der Waals surface area contributed by atoms with Crippen molar-refractivity contribution in [3.05, 3.63) is 76.0 Å². The molecule has 194 valence electrons. The molecule has 3 N–H and O–H groups in total. The van der Waals surface area contributed by atoms with Crippen LogP contribution in [0.4, 0.5) is 8.78 Å². The van der Waals surface area contributed by atoms with Crippen molar-refractivity contribution in [2.24, 2.45) is 5.92 Å². The highest BCUT2D eigenvalue weighted by atomic mass is 32.1. The Kier molecular flexibility index (Phi) is 8.24. The van der Waals surface area contributed by atoms with Crippen molar-refractivity contribution in [2.75, 3.05) is 6.61 Å². The van der Waals surface area contributed by atoms with Crippen molar-refractivity contribution in [2.45, 2.75) is 39.3 Å². The van der Waals surface area contributed by atoms with Gasteiger partial charge < -0.3 is 15.7 Å². The fraction of sp³-hybridized carbons (Fsp3) is 0.308. The number of hydrogen-bond acceptors (Lipinski definition) is 6. The highest BCUT2D eigenvalue weighted by molar-refractivity contribution is 7.08. The van der Waals surface area contributed by atoms with Gasteiger partial charge in [-0.25, -0.2) is 13.8 Å². The topological polar surface area (TPSA) is 109 Å². The minimum absolute atomic E-state index is 0.0786. The first kappa shape index (κ1) is 26.4. The lowest BCUT2D eigenvalue weighted by Gasteiger charge is -2.18. The Morgan fingerprint density at radius 2 is 1.97 bits per heavy atom. The van der Waals surface area contributed by atoms with Gasteiger partial charge in [0.15, 0.2) is 5.65 Å². The van der Waals surface area contributed by atoms with Gasteiger partial charge in [0.25, 0.3) is 18.2 Å². The van der Waals surface area contributed by atoms with Gasteiger partial charge in [0, 0.05) is 29.9 Å². The second-order valence-corrected chi connectivity index (χ2v) is 9.77. The molecule has 0 fully saturated rings. The Balaban J connectivity index is 1.65. The van der Waals surface area contributed by atoms with Crippen molar-refractivity contribution in [3.63, 3.8) is 0 Å². The lowest BCUT2D eigenvalue weighted by atomic mass is 10.0. The molecule has 0 saturated heterocycles. The Morgan fingerprint density at radius 3 is 2.59 bits per heavy atom. The zero-order valence-corrected chi connectivity index (χ0v) is 21.1. The standard InChI is InChI=1S/C26H27F2N5O3S/c1-15(2)10-18(13-34)31-26(36)22-21(17-7-9-37-14-17)32-24-19(4-3-8-33(22)24)25(35)30-12-16-5-6-20(23(27)28)29-11-16/h3-9,11,14-15,18,23,34H,10,12-13H2,1-2H3,(H,30,35)(H,31,36)/t18-/m0/s1. The van der Waals surface area contributed by atoms with Crippen molar-refractivity contribution in [3.8, 4) is 11.3 Å². The van der Waals surface area contributed by atoms with Gasteiger partial charge in [0.1, 0.15) is 17.1 Å². The van der Waals surface area contributed by atoms with Gasteiger partial charge in [0.2, 0.25) is 0 Å². The van der Waals surface area contributed by atoms with E-state index in [-0.39, 0.29) is 36.0 Å². The smallest absolute Gasteiger partial charge is 0.280 e. The van der Waals surface area contributed by atoms with Crippen LogP contribution in [0.1, 0.15) is 58.8 Å². The van der Waals surface area contributed by atoms with Crippen LogP contribution in [-0.4, -0.2) is 43.9 Å². The lowest BCUT2D eigenvalue weighted by Crippen LogP contribution is -2.39. The quantitative estimate of drug-likeness (QED) is 0.282. The van der Waals surface area contributed by atoms with E-state index in [4.69, 9.17) is 0 Å². The molecule has 0 saturated carbocycles. The van der Waals surface area contributed by atoms with E-state index in [0.29, 0.717) is 23.3 Å². The molecule has 4 rings (SSSR count). The van der Waals surface area contributed by atoms with Crippen LogP contribution in [0.5, 0.6) is 0 Å². The molecule has 0 aliphatic heterocycles. The van der Waals surface area contributed by atoms with E-state index < -0.39 is 24.3 Å². The predicted octanol–water partition coefficient (Wildman–Crippen LogP) is 4.46. The van der Waals surface area contributed by atoms with Crippen LogP contribution in [0.25, 0.3) is 16.9 Å². The average molecular weight is 528 g/mol. The van der Waals surface area contributed by atoms with Gasteiger partial charge in [-0.2, -0.15) is 11.3 Å². The number of pyridine rings is 2. The lowest BCUT2D eigenvalue weighted by molar-refractivity contribution is 0.0901. The van der Waals surface area contributed by atoms with Gasteiger partial charge in [-0.1, -0.05) is 19.9 Å². The summed E-state index contributed by atoms with van der Waals surface area (Å²) in [6, 6.07) is 7.37. The largest absolute Gasteiger partial charge is 0.394 e. The van der Waals surface area contributed by atoms with Crippen LogP contribution in [0.3, 0.4) is 0 Å². The first-order chi connectivity index (χ1) is 17.8. The summed E-state index contributed by atoms with van der Waals surface area (Å²) >= 11 is 1.46. The monoisotopic (exact) mass is 527 g/mol. The molecule has 0 radical (unpaired) electrons. The summed E-state index contributed by atoms with van der Waals surface area (Å²) in [5, 5.41) is 19.2. The molecule has 0 aromatic carbocycles. The van der Waals surface area contributed by atoms with E-state index in [1.807, 2.05) is 30.7 Å². The second kappa shape index (κ2) is 11.6. The molecule has 8 nitrogen and oxygen atoms in total. The molecule has 11 heteroatoms. The number of thiophene rings is 1. The fourth-order valence-electron chi connectivity index (χ4n) is 4.01. The molecular weight excluding hydrogens is 500 g/mol. The minimum atomic E-state index is -2.66. The molecule has 0 bridgehead atoms. The van der Waals surface area contributed by atoms with Crippen molar-refractivity contribution in [1.29, 1.82) is 0 Å². The minimum Gasteiger partial charge on any atom is -0.394 e. The summed E-state index contributed by atoms with van der Waals surface area (Å²) in [6.45, 7) is 3.90. The molecule has 37 heavy (non-hydrogen) atoms. The van der Waals surface area contributed by atoms with Crippen LogP contribution in [0.15, 0.2) is 53.5 Å². The number of carbonyl (C=O) groups excluding carboxylic acids is 2. The number of halogens is 2. The number of aliphatic hydroxyl groups excluding tert-OH is 1. The van der Waals surface area contributed by atoms with Gasteiger partial charge in [-0.05, 0) is 47.5 Å². The van der Waals surface area contributed by atoms with Crippen LogP contribution in [-0.2, 0) is 6.54 Å². The molecule has 4 aromatic heterocycles. The van der Waals surface area contributed by atoms with E-state index in [1.165, 1.54) is 29.7 Å². The third-order valence-corrected chi connectivity index (χ3v) is 6.42. The third-order valence-electron chi connectivity index (χ3n) is 5.74. The van der Waals surface area contributed by atoms with Crippen LogP contribution >= 0.6 is 11.3 Å². The molecule has 0 spiro atoms. The maximum atomic E-state index is 13.4. The molecule has 1 atom stereocenters. The van der Waals surface area contributed by atoms with Crippen molar-refractivity contribution < 1.29 is 23.5 Å².